The molecular weight excluding hydrogens is 235 g/mol. The average Bonchev–Trinajstić information content (AvgIpc) is 0. The summed E-state index contributed by atoms with van der Waals surface area (Å²) in [7, 11) is 0. The van der Waals surface area contributed by atoms with Crippen molar-refractivity contribution in [3.8, 4) is 0 Å². The van der Waals surface area contributed by atoms with Gasteiger partial charge in [-0.25, -0.2) is 0 Å². The van der Waals surface area contributed by atoms with Crippen LogP contribution in [0.1, 0.15) is 0 Å². The molecule has 0 rings (SSSR count). The topological polar surface area (TPSA) is 85.5 Å². The molecule has 5 heavy (non-hydrogen) atoms. The molecule has 0 aliphatic carbocycles. The van der Waals surface area contributed by atoms with Crippen LogP contribution in [0.25, 0.3) is 0 Å². The molecule has 0 spiro atoms. The van der Waals surface area contributed by atoms with E-state index < -0.39 is 0 Å². The number of rotatable bonds is 0. The third-order valence-electron chi connectivity index (χ3n) is 0. The van der Waals surface area contributed by atoms with E-state index in [-0.39, 0.29) is 73.7 Å². The molecule has 0 fully saturated rings. The van der Waals surface area contributed by atoms with Crippen LogP contribution in [-0.4, -0.2) is 0 Å². The predicted molar refractivity (Wildman–Crippen MR) is 2.06 cm³/mol. The number of hydrogen-bond acceptors (Lipinski definition) is 0. The molecular formula is LaO3Ti+. The molecule has 0 aromatic rings. The van der Waals surface area contributed by atoms with Crippen molar-refractivity contribution in [1.82, 2.24) is 0 Å². The van der Waals surface area contributed by atoms with E-state index in [4.69, 9.17) is 0 Å². The van der Waals surface area contributed by atoms with Crippen LogP contribution < -0.4 is 0 Å². The molecule has 0 radical (unpaired) electrons. The van der Waals surface area contributed by atoms with Gasteiger partial charge >= 0.3 is 57.3 Å². The zero-order valence-corrected chi connectivity index (χ0v) is 7.49. The van der Waals surface area contributed by atoms with E-state index in [1.54, 1.807) is 0 Å². The van der Waals surface area contributed by atoms with Crippen LogP contribution in [0.3, 0.4) is 0 Å². The Morgan fingerprint density at radius 1 is 0.600 bits per heavy atom. The van der Waals surface area contributed by atoms with E-state index in [0.717, 1.165) is 0 Å². The first-order valence-corrected chi connectivity index (χ1v) is 0. The first-order chi connectivity index (χ1) is 0. The van der Waals surface area contributed by atoms with Gasteiger partial charge in [-0.05, 0) is 0 Å². The fourth-order valence-electron chi connectivity index (χ4n) is 0. The molecule has 0 bridgehead atoms. The molecule has 0 N–H and O–H groups in total. The fourth-order valence-corrected chi connectivity index (χ4v) is 0. The Morgan fingerprint density at radius 3 is 0.600 bits per heavy atom. The van der Waals surface area contributed by atoms with Crippen LogP contribution in [0.15, 0.2) is 0 Å². The van der Waals surface area contributed by atoms with Gasteiger partial charge in [-0.15, -0.1) is 0 Å². The van der Waals surface area contributed by atoms with Gasteiger partial charge < -0.3 is 16.4 Å². The molecule has 0 unspecified atom stereocenters. The van der Waals surface area contributed by atoms with Crippen LogP contribution in [0.4, 0.5) is 0 Å². The molecule has 5 heteroatoms. The summed E-state index contributed by atoms with van der Waals surface area (Å²) in [6, 6.07) is 0. The summed E-state index contributed by atoms with van der Waals surface area (Å²) in [4.78, 5) is 0. The first kappa shape index (κ1) is 71.1. The second kappa shape index (κ2) is 41.5. The monoisotopic (exact) mass is 235 g/mol. The van der Waals surface area contributed by atoms with E-state index in [2.05, 4.69) is 0 Å². The molecule has 24 valence electrons. The Kier molecular flexibility index (Phi) is 590. The fraction of sp³-hybridized carbons (Fsp3) is 0. The van der Waals surface area contributed by atoms with Crippen molar-refractivity contribution in [3.05, 3.63) is 0 Å². The van der Waals surface area contributed by atoms with Gasteiger partial charge in [0.25, 0.3) is 0 Å². The molecule has 0 aliphatic rings. The van der Waals surface area contributed by atoms with Crippen molar-refractivity contribution in [1.29, 1.82) is 0 Å². The minimum Gasteiger partial charge on any atom is -2.00 e. The average molecular weight is 235 g/mol. The molecule has 0 heterocycles. The summed E-state index contributed by atoms with van der Waals surface area (Å²) in [5.41, 5.74) is 0. The minimum absolute atomic E-state index is 0. The van der Waals surface area contributed by atoms with Gasteiger partial charge in [0, 0.05) is 0 Å². The molecule has 0 aromatic carbocycles. The van der Waals surface area contributed by atoms with Gasteiger partial charge in [0.15, 0.2) is 0 Å². The van der Waals surface area contributed by atoms with E-state index in [0.29, 0.717) is 0 Å². The standard InChI is InChI=1S/La.3O.Ti/q+3;3*-2;+4. The molecule has 0 amide bonds. The van der Waals surface area contributed by atoms with Crippen molar-refractivity contribution in [3.63, 3.8) is 0 Å². The molecule has 0 aliphatic heterocycles. The Bertz CT molecular complexity index is 6.85. The first-order valence-electron chi connectivity index (χ1n) is 0. The molecule has 0 saturated heterocycles. The third-order valence-corrected chi connectivity index (χ3v) is 0. The maximum atomic E-state index is 0. The summed E-state index contributed by atoms with van der Waals surface area (Å²) in [5, 5.41) is 0. The SMILES string of the molecule is [La+3].[O-2].[O-2].[O-2].[Ti+4]. The van der Waals surface area contributed by atoms with Crippen LogP contribution in [0, 0.1) is 35.6 Å². The molecule has 0 aromatic heterocycles. The van der Waals surface area contributed by atoms with Gasteiger partial charge in [-0.3, -0.25) is 0 Å². The smallest absolute Gasteiger partial charge is 2.00 e. The molecule has 0 saturated carbocycles. The van der Waals surface area contributed by atoms with E-state index in [1.165, 1.54) is 0 Å². The maximum absolute atomic E-state index is 0. The Morgan fingerprint density at radius 2 is 0.600 bits per heavy atom. The third kappa shape index (κ3) is 26.0. The van der Waals surface area contributed by atoms with Crippen molar-refractivity contribution in [2.75, 3.05) is 0 Å². The predicted octanol–water partition coefficient (Wildman–Crippen LogP) is -0.359. The van der Waals surface area contributed by atoms with Gasteiger partial charge in [0.1, 0.15) is 0 Å². The Labute approximate surface area is 72.9 Å². The van der Waals surface area contributed by atoms with E-state index in [1.807, 2.05) is 0 Å². The van der Waals surface area contributed by atoms with Gasteiger partial charge in [0.2, 0.25) is 0 Å². The zero-order valence-electron chi connectivity index (χ0n) is 2.30. The zero-order chi connectivity index (χ0) is 0. The maximum Gasteiger partial charge on any atom is 4.00 e. The summed E-state index contributed by atoms with van der Waals surface area (Å²) < 4.78 is 0. The Balaban J connectivity index is 0. The quantitative estimate of drug-likeness (QED) is 0.513. The van der Waals surface area contributed by atoms with Crippen LogP contribution in [0.5, 0.6) is 0 Å². The van der Waals surface area contributed by atoms with Crippen molar-refractivity contribution in [2.24, 2.45) is 0 Å². The summed E-state index contributed by atoms with van der Waals surface area (Å²) >= 11 is 0. The summed E-state index contributed by atoms with van der Waals surface area (Å²) in [6.07, 6.45) is 0. The second-order valence-corrected chi connectivity index (χ2v) is 0. The minimum atomic E-state index is 0. The van der Waals surface area contributed by atoms with Crippen LogP contribution in [-0.2, 0) is 38.1 Å². The van der Waals surface area contributed by atoms with Crippen LogP contribution in [0.2, 0.25) is 0 Å². The summed E-state index contributed by atoms with van der Waals surface area (Å²) in [6.45, 7) is 0. The van der Waals surface area contributed by atoms with Crippen molar-refractivity contribution >= 4 is 0 Å². The van der Waals surface area contributed by atoms with Crippen molar-refractivity contribution < 1.29 is 73.7 Å². The van der Waals surface area contributed by atoms with Gasteiger partial charge in [-0.1, -0.05) is 0 Å². The summed E-state index contributed by atoms with van der Waals surface area (Å²) in [5.74, 6) is 0. The number of hydrogen-bond donors (Lipinski definition) is 0. The van der Waals surface area contributed by atoms with Crippen molar-refractivity contribution in [2.45, 2.75) is 0 Å². The van der Waals surface area contributed by atoms with Crippen LogP contribution >= 0.6 is 0 Å². The van der Waals surface area contributed by atoms with E-state index in [9.17, 15) is 0 Å². The van der Waals surface area contributed by atoms with Gasteiger partial charge in [-0.2, -0.15) is 0 Å². The molecule has 3 nitrogen and oxygen atoms in total. The Hall–Kier alpha value is 1.79. The van der Waals surface area contributed by atoms with E-state index >= 15 is 0 Å². The van der Waals surface area contributed by atoms with Gasteiger partial charge in [0.05, 0.1) is 0 Å². The normalized spacial score (nSPS) is 0. The second-order valence-electron chi connectivity index (χ2n) is 0. The molecule has 0 atom stereocenters. The largest absolute Gasteiger partial charge is 4.00 e.